The number of carbonyl (C=O) groups excluding carboxylic acids is 3. The van der Waals surface area contributed by atoms with E-state index in [2.05, 4.69) is 5.32 Å². The van der Waals surface area contributed by atoms with Crippen LogP contribution in [0.15, 0.2) is 24.3 Å². The van der Waals surface area contributed by atoms with Gasteiger partial charge in [0.1, 0.15) is 11.5 Å². The Balaban J connectivity index is 1.50. The minimum atomic E-state index is -0.412. The van der Waals surface area contributed by atoms with Gasteiger partial charge in [-0.05, 0) is 37.8 Å². The van der Waals surface area contributed by atoms with Gasteiger partial charge in [-0.15, -0.1) is 0 Å². The van der Waals surface area contributed by atoms with Gasteiger partial charge in [0.15, 0.2) is 6.61 Å². The molecule has 0 aliphatic heterocycles. The van der Waals surface area contributed by atoms with Crippen molar-refractivity contribution in [1.29, 1.82) is 0 Å². The molecule has 2 atom stereocenters. The molecule has 2 saturated carbocycles. The fourth-order valence-corrected chi connectivity index (χ4v) is 3.86. The molecule has 0 aromatic heterocycles. The van der Waals surface area contributed by atoms with Crippen LogP contribution in [0.2, 0.25) is 0 Å². The number of amides is 1. The van der Waals surface area contributed by atoms with Crippen molar-refractivity contribution in [2.75, 3.05) is 19.0 Å². The molecular weight excluding hydrogens is 322 g/mol. The molecule has 0 saturated heterocycles. The minimum absolute atomic E-state index is 0.00698. The second-order valence-electron chi connectivity index (χ2n) is 6.75. The van der Waals surface area contributed by atoms with E-state index in [9.17, 15) is 14.4 Å². The summed E-state index contributed by atoms with van der Waals surface area (Å²) in [5.74, 6) is -0.221. The van der Waals surface area contributed by atoms with E-state index in [-0.39, 0.29) is 30.3 Å². The number of esters is 1. The Morgan fingerprint density at radius 3 is 2.52 bits per heavy atom. The number of ketones is 1. The van der Waals surface area contributed by atoms with Gasteiger partial charge >= 0.3 is 5.97 Å². The molecule has 2 aliphatic rings. The maximum absolute atomic E-state index is 12.3. The van der Waals surface area contributed by atoms with Gasteiger partial charge in [-0.1, -0.05) is 18.6 Å². The molecule has 134 valence electrons. The Morgan fingerprint density at radius 1 is 1.16 bits per heavy atom. The van der Waals surface area contributed by atoms with Crippen molar-refractivity contribution in [1.82, 2.24) is 0 Å². The number of fused-ring (bicyclic) bond motifs is 2. The third-order valence-corrected chi connectivity index (χ3v) is 5.11. The van der Waals surface area contributed by atoms with E-state index < -0.39 is 5.91 Å². The average molecular weight is 345 g/mol. The summed E-state index contributed by atoms with van der Waals surface area (Å²) in [5, 5.41) is 2.67. The van der Waals surface area contributed by atoms with Crippen LogP contribution in [0.4, 0.5) is 5.69 Å². The summed E-state index contributed by atoms with van der Waals surface area (Å²) in [6.07, 6.45) is 3.91. The summed E-state index contributed by atoms with van der Waals surface area (Å²) in [6, 6.07) is 7.03. The lowest BCUT2D eigenvalue weighted by molar-refractivity contribution is -0.155. The van der Waals surface area contributed by atoms with Crippen LogP contribution in [0.25, 0.3) is 0 Å². The van der Waals surface area contributed by atoms with E-state index in [4.69, 9.17) is 9.47 Å². The van der Waals surface area contributed by atoms with Gasteiger partial charge in [0.25, 0.3) is 5.91 Å². The molecule has 1 aromatic carbocycles. The summed E-state index contributed by atoms with van der Waals surface area (Å²) in [7, 11) is 1.52. The fourth-order valence-electron chi connectivity index (χ4n) is 3.86. The highest BCUT2D eigenvalue weighted by Gasteiger charge is 2.41. The smallest absolute Gasteiger partial charge is 0.309 e. The number of Topliss-reactive ketones (excluding diaryl/α,β-unsaturated/α-hetero) is 1. The van der Waals surface area contributed by atoms with Crippen LogP contribution in [0.3, 0.4) is 0 Å². The van der Waals surface area contributed by atoms with E-state index in [1.165, 1.54) is 7.11 Å². The summed E-state index contributed by atoms with van der Waals surface area (Å²) < 4.78 is 10.4. The van der Waals surface area contributed by atoms with Crippen molar-refractivity contribution in [3.8, 4) is 5.75 Å². The number of nitrogens with one attached hydrogen (secondary N) is 1. The van der Waals surface area contributed by atoms with Gasteiger partial charge in [-0.25, -0.2) is 0 Å². The topological polar surface area (TPSA) is 81.7 Å². The van der Waals surface area contributed by atoms with E-state index in [0.29, 0.717) is 30.1 Å². The van der Waals surface area contributed by atoms with Gasteiger partial charge in [-0.3, -0.25) is 14.4 Å². The quantitative estimate of drug-likeness (QED) is 0.830. The molecule has 1 aromatic rings. The first-order valence-corrected chi connectivity index (χ1v) is 8.71. The molecule has 1 amide bonds. The van der Waals surface area contributed by atoms with Crippen molar-refractivity contribution >= 4 is 23.3 Å². The molecule has 0 spiro atoms. The Bertz CT molecular complexity index is 656. The van der Waals surface area contributed by atoms with Gasteiger partial charge in [0.2, 0.25) is 0 Å². The number of benzene rings is 1. The van der Waals surface area contributed by atoms with Crippen LogP contribution in [0.1, 0.15) is 32.1 Å². The predicted molar refractivity (Wildman–Crippen MR) is 91.1 cm³/mol. The van der Waals surface area contributed by atoms with Gasteiger partial charge in [-0.2, -0.15) is 0 Å². The number of rotatable bonds is 5. The van der Waals surface area contributed by atoms with E-state index >= 15 is 0 Å². The van der Waals surface area contributed by atoms with E-state index in [1.54, 1.807) is 24.3 Å². The standard InChI is InChI=1S/C19H23NO5/c1-24-16-8-3-2-7-15(16)20-17(21)11-25-19(23)14-9-12-5-4-6-13(10-14)18(12)22/h2-3,7-8,12-14H,4-6,9-11H2,1H3,(H,20,21). The SMILES string of the molecule is COc1ccccc1NC(=O)COC(=O)C1CC2CCCC(C1)C2=O. The normalized spacial score (nSPS) is 25.2. The Kier molecular flexibility index (Phi) is 5.36. The predicted octanol–water partition coefficient (Wildman–Crippen LogP) is 2.57. The molecule has 1 N–H and O–H groups in total. The first-order chi connectivity index (χ1) is 12.1. The number of methoxy groups -OCH3 is 1. The van der Waals surface area contributed by atoms with Gasteiger partial charge in [0, 0.05) is 11.8 Å². The summed E-state index contributed by atoms with van der Waals surface area (Å²) in [5.41, 5.74) is 0.531. The molecule has 2 fully saturated rings. The van der Waals surface area contributed by atoms with Crippen molar-refractivity contribution in [2.24, 2.45) is 17.8 Å². The number of ether oxygens (including phenoxy) is 2. The maximum Gasteiger partial charge on any atom is 0.309 e. The van der Waals surface area contributed by atoms with Crippen LogP contribution < -0.4 is 10.1 Å². The summed E-state index contributed by atoms with van der Waals surface area (Å²) >= 11 is 0. The summed E-state index contributed by atoms with van der Waals surface area (Å²) in [6.45, 7) is -0.337. The highest BCUT2D eigenvalue weighted by molar-refractivity contribution is 5.94. The highest BCUT2D eigenvalue weighted by Crippen LogP contribution is 2.40. The second kappa shape index (κ2) is 7.68. The van der Waals surface area contributed by atoms with Crippen molar-refractivity contribution in [2.45, 2.75) is 32.1 Å². The van der Waals surface area contributed by atoms with Crippen molar-refractivity contribution in [3.63, 3.8) is 0 Å². The van der Waals surface area contributed by atoms with Crippen LogP contribution in [0.5, 0.6) is 5.75 Å². The third kappa shape index (κ3) is 4.00. The zero-order valence-corrected chi connectivity index (χ0v) is 14.3. The molecule has 3 rings (SSSR count). The number of carbonyl (C=O) groups is 3. The Labute approximate surface area is 146 Å². The van der Waals surface area contributed by atoms with Gasteiger partial charge in [0.05, 0.1) is 18.7 Å². The molecule has 2 unspecified atom stereocenters. The molecule has 0 radical (unpaired) electrons. The molecule has 6 nitrogen and oxygen atoms in total. The Hall–Kier alpha value is -2.37. The first kappa shape index (κ1) is 17.5. The minimum Gasteiger partial charge on any atom is -0.495 e. The number of para-hydroxylation sites is 2. The highest BCUT2D eigenvalue weighted by atomic mass is 16.5. The Morgan fingerprint density at radius 2 is 1.84 bits per heavy atom. The maximum atomic E-state index is 12.3. The lowest BCUT2D eigenvalue weighted by Gasteiger charge is -2.36. The molecule has 2 bridgehead atoms. The van der Waals surface area contributed by atoms with Crippen LogP contribution in [-0.2, 0) is 19.1 Å². The number of hydrogen-bond donors (Lipinski definition) is 1. The van der Waals surface area contributed by atoms with Crippen LogP contribution >= 0.6 is 0 Å². The fraction of sp³-hybridized carbons (Fsp3) is 0.526. The number of anilines is 1. The largest absolute Gasteiger partial charge is 0.495 e. The van der Waals surface area contributed by atoms with Crippen LogP contribution in [0, 0.1) is 17.8 Å². The zero-order chi connectivity index (χ0) is 17.8. The third-order valence-electron chi connectivity index (χ3n) is 5.11. The van der Waals surface area contributed by atoms with E-state index in [0.717, 1.165) is 19.3 Å². The van der Waals surface area contributed by atoms with Gasteiger partial charge < -0.3 is 14.8 Å². The van der Waals surface area contributed by atoms with E-state index in [1.807, 2.05) is 0 Å². The second-order valence-corrected chi connectivity index (χ2v) is 6.75. The lowest BCUT2D eigenvalue weighted by atomic mass is 9.67. The summed E-state index contributed by atoms with van der Waals surface area (Å²) in [4.78, 5) is 36.4. The molecule has 2 aliphatic carbocycles. The monoisotopic (exact) mass is 345 g/mol. The zero-order valence-electron chi connectivity index (χ0n) is 14.3. The molecule has 25 heavy (non-hydrogen) atoms. The first-order valence-electron chi connectivity index (χ1n) is 8.71. The van der Waals surface area contributed by atoms with Crippen LogP contribution in [-0.4, -0.2) is 31.4 Å². The molecular formula is C19H23NO5. The lowest BCUT2D eigenvalue weighted by Crippen LogP contribution is -2.40. The van der Waals surface area contributed by atoms with Crippen molar-refractivity contribution < 1.29 is 23.9 Å². The molecule has 0 heterocycles. The van der Waals surface area contributed by atoms with Crippen molar-refractivity contribution in [3.05, 3.63) is 24.3 Å². The number of hydrogen-bond acceptors (Lipinski definition) is 5. The average Bonchev–Trinajstić information content (AvgIpc) is 2.60. The molecule has 6 heteroatoms.